The molecule has 3 aromatic rings. The Balaban J connectivity index is 1.54. The standard InChI is InChI=1S/C24H23NO3/c1-17-8-6-7-11-22(17)18(2)25-23(26)16-28-21-14-12-20(13-15-21)24(27)19-9-4-3-5-10-19/h3-15,18H,16H2,1-2H3,(H,25,26). The van der Waals surface area contributed by atoms with Crippen molar-refractivity contribution >= 4 is 11.7 Å². The SMILES string of the molecule is Cc1ccccc1C(C)NC(=O)COc1ccc(C(=O)c2ccccc2)cc1. The maximum Gasteiger partial charge on any atom is 0.258 e. The monoisotopic (exact) mass is 373 g/mol. The summed E-state index contributed by atoms with van der Waals surface area (Å²) in [4.78, 5) is 24.6. The lowest BCUT2D eigenvalue weighted by Crippen LogP contribution is -2.31. The number of carbonyl (C=O) groups is 2. The Morgan fingerprint density at radius 2 is 1.46 bits per heavy atom. The van der Waals surface area contributed by atoms with Crippen LogP contribution in [-0.4, -0.2) is 18.3 Å². The summed E-state index contributed by atoms with van der Waals surface area (Å²) in [7, 11) is 0. The molecule has 0 aliphatic rings. The van der Waals surface area contributed by atoms with Crippen LogP contribution in [0.1, 0.15) is 40.0 Å². The zero-order valence-electron chi connectivity index (χ0n) is 16.0. The van der Waals surface area contributed by atoms with Gasteiger partial charge in [0.15, 0.2) is 12.4 Å². The van der Waals surface area contributed by atoms with Crippen LogP contribution in [0.5, 0.6) is 5.75 Å². The lowest BCUT2D eigenvalue weighted by atomic mass is 10.0. The van der Waals surface area contributed by atoms with Crippen LogP contribution in [-0.2, 0) is 4.79 Å². The molecule has 0 fully saturated rings. The largest absolute Gasteiger partial charge is 0.484 e. The van der Waals surface area contributed by atoms with Crippen LogP contribution >= 0.6 is 0 Å². The van der Waals surface area contributed by atoms with Gasteiger partial charge in [-0.2, -0.15) is 0 Å². The molecule has 4 heteroatoms. The fourth-order valence-corrected chi connectivity index (χ4v) is 3.04. The molecule has 0 aliphatic carbocycles. The van der Waals surface area contributed by atoms with E-state index in [1.165, 1.54) is 0 Å². The number of benzene rings is 3. The average Bonchev–Trinajstić information content (AvgIpc) is 2.73. The predicted molar refractivity (Wildman–Crippen MR) is 110 cm³/mol. The average molecular weight is 373 g/mol. The minimum Gasteiger partial charge on any atom is -0.484 e. The number of carbonyl (C=O) groups excluding carboxylic acids is 2. The number of rotatable bonds is 7. The number of ether oxygens (including phenoxy) is 1. The first-order valence-corrected chi connectivity index (χ1v) is 9.22. The zero-order valence-corrected chi connectivity index (χ0v) is 16.0. The number of nitrogens with one attached hydrogen (secondary N) is 1. The highest BCUT2D eigenvalue weighted by molar-refractivity contribution is 6.08. The fourth-order valence-electron chi connectivity index (χ4n) is 3.04. The smallest absolute Gasteiger partial charge is 0.258 e. The maximum absolute atomic E-state index is 12.4. The summed E-state index contributed by atoms with van der Waals surface area (Å²) in [5, 5.41) is 2.94. The van der Waals surface area contributed by atoms with Crippen molar-refractivity contribution in [3.63, 3.8) is 0 Å². The number of aryl methyl sites for hydroxylation is 1. The highest BCUT2D eigenvalue weighted by Crippen LogP contribution is 2.17. The first-order chi connectivity index (χ1) is 13.5. The van der Waals surface area contributed by atoms with Gasteiger partial charge < -0.3 is 10.1 Å². The van der Waals surface area contributed by atoms with E-state index in [0.29, 0.717) is 16.9 Å². The summed E-state index contributed by atoms with van der Waals surface area (Å²) in [5.74, 6) is 0.306. The van der Waals surface area contributed by atoms with E-state index in [1.807, 2.05) is 56.3 Å². The van der Waals surface area contributed by atoms with Gasteiger partial charge in [-0.3, -0.25) is 9.59 Å². The van der Waals surface area contributed by atoms with Crippen molar-refractivity contribution < 1.29 is 14.3 Å². The molecule has 0 heterocycles. The summed E-state index contributed by atoms with van der Waals surface area (Å²) in [6, 6.07) is 23.8. The number of ketones is 1. The summed E-state index contributed by atoms with van der Waals surface area (Å²) < 4.78 is 5.55. The zero-order chi connectivity index (χ0) is 19.9. The molecule has 1 amide bonds. The van der Waals surface area contributed by atoms with E-state index in [9.17, 15) is 9.59 Å². The number of hydrogen-bond acceptors (Lipinski definition) is 3. The van der Waals surface area contributed by atoms with Crippen molar-refractivity contribution in [1.82, 2.24) is 5.32 Å². The van der Waals surface area contributed by atoms with Crippen LogP contribution in [0.15, 0.2) is 78.9 Å². The van der Waals surface area contributed by atoms with E-state index in [4.69, 9.17) is 4.74 Å². The molecule has 0 bridgehead atoms. The Labute approximate surface area is 165 Å². The van der Waals surface area contributed by atoms with Crippen molar-refractivity contribution in [2.75, 3.05) is 6.61 Å². The number of amides is 1. The first-order valence-electron chi connectivity index (χ1n) is 9.22. The van der Waals surface area contributed by atoms with Gasteiger partial charge in [0.25, 0.3) is 5.91 Å². The van der Waals surface area contributed by atoms with E-state index >= 15 is 0 Å². The van der Waals surface area contributed by atoms with Gasteiger partial charge in [0, 0.05) is 11.1 Å². The van der Waals surface area contributed by atoms with Crippen molar-refractivity contribution in [2.24, 2.45) is 0 Å². The third-order valence-electron chi connectivity index (χ3n) is 4.55. The van der Waals surface area contributed by atoms with E-state index < -0.39 is 0 Å². The Bertz CT molecular complexity index is 949. The second kappa shape index (κ2) is 9.00. The molecule has 4 nitrogen and oxygen atoms in total. The van der Waals surface area contributed by atoms with Gasteiger partial charge in [0.2, 0.25) is 0 Å². The Hall–Kier alpha value is -3.40. The molecule has 0 saturated heterocycles. The van der Waals surface area contributed by atoms with Gasteiger partial charge in [-0.05, 0) is 49.2 Å². The molecule has 0 aromatic heterocycles. The molecule has 3 rings (SSSR count). The van der Waals surface area contributed by atoms with Gasteiger partial charge in [-0.1, -0.05) is 54.6 Å². The van der Waals surface area contributed by atoms with Gasteiger partial charge in [-0.25, -0.2) is 0 Å². The third-order valence-corrected chi connectivity index (χ3v) is 4.55. The highest BCUT2D eigenvalue weighted by Gasteiger charge is 2.12. The third kappa shape index (κ3) is 4.86. The molecule has 1 unspecified atom stereocenters. The maximum atomic E-state index is 12.4. The Morgan fingerprint density at radius 1 is 0.857 bits per heavy atom. The predicted octanol–water partition coefficient (Wildman–Crippen LogP) is 4.48. The molecule has 3 aromatic carbocycles. The van der Waals surface area contributed by atoms with Crippen LogP contribution < -0.4 is 10.1 Å². The van der Waals surface area contributed by atoms with Gasteiger partial charge in [0.05, 0.1) is 6.04 Å². The molecular formula is C24H23NO3. The van der Waals surface area contributed by atoms with Crippen molar-refractivity contribution in [1.29, 1.82) is 0 Å². The summed E-state index contributed by atoms with van der Waals surface area (Å²) >= 11 is 0. The minimum absolute atomic E-state index is 0.0445. The molecule has 28 heavy (non-hydrogen) atoms. The van der Waals surface area contributed by atoms with Gasteiger partial charge in [0.1, 0.15) is 5.75 Å². The molecule has 0 radical (unpaired) electrons. The first kappa shape index (κ1) is 19.4. The fraction of sp³-hybridized carbons (Fsp3) is 0.167. The van der Waals surface area contributed by atoms with Crippen molar-refractivity contribution in [3.8, 4) is 5.75 Å². The summed E-state index contributed by atoms with van der Waals surface area (Å²) in [6.45, 7) is 3.89. The topological polar surface area (TPSA) is 55.4 Å². The van der Waals surface area contributed by atoms with Crippen LogP contribution in [0, 0.1) is 6.92 Å². The Kier molecular flexibility index (Phi) is 6.22. The molecule has 142 valence electrons. The van der Waals surface area contributed by atoms with E-state index in [1.54, 1.807) is 36.4 Å². The molecule has 1 atom stereocenters. The normalized spacial score (nSPS) is 11.5. The van der Waals surface area contributed by atoms with Crippen LogP contribution in [0.2, 0.25) is 0 Å². The second-order valence-corrected chi connectivity index (χ2v) is 6.65. The molecule has 0 saturated carbocycles. The summed E-state index contributed by atoms with van der Waals surface area (Å²) in [5.41, 5.74) is 3.44. The van der Waals surface area contributed by atoms with Gasteiger partial charge >= 0.3 is 0 Å². The minimum atomic E-state index is -0.194. The Morgan fingerprint density at radius 3 is 2.14 bits per heavy atom. The van der Waals surface area contributed by atoms with Crippen LogP contribution in [0.3, 0.4) is 0 Å². The van der Waals surface area contributed by atoms with Gasteiger partial charge in [-0.15, -0.1) is 0 Å². The lowest BCUT2D eigenvalue weighted by Gasteiger charge is -2.16. The van der Waals surface area contributed by atoms with E-state index in [-0.39, 0.29) is 24.3 Å². The summed E-state index contributed by atoms with van der Waals surface area (Å²) in [6.07, 6.45) is 0. The quantitative estimate of drug-likeness (QED) is 0.621. The van der Waals surface area contributed by atoms with Crippen molar-refractivity contribution in [3.05, 3.63) is 101 Å². The lowest BCUT2D eigenvalue weighted by molar-refractivity contribution is -0.123. The molecule has 1 N–H and O–H groups in total. The van der Waals surface area contributed by atoms with Crippen LogP contribution in [0.4, 0.5) is 0 Å². The molecule has 0 spiro atoms. The number of hydrogen-bond donors (Lipinski definition) is 1. The highest BCUT2D eigenvalue weighted by atomic mass is 16.5. The van der Waals surface area contributed by atoms with E-state index in [0.717, 1.165) is 11.1 Å². The van der Waals surface area contributed by atoms with E-state index in [2.05, 4.69) is 5.32 Å². The second-order valence-electron chi connectivity index (χ2n) is 6.65. The molecule has 0 aliphatic heterocycles. The molecular weight excluding hydrogens is 350 g/mol. The van der Waals surface area contributed by atoms with Crippen molar-refractivity contribution in [2.45, 2.75) is 19.9 Å². The van der Waals surface area contributed by atoms with Crippen LogP contribution in [0.25, 0.3) is 0 Å².